The van der Waals surface area contributed by atoms with Gasteiger partial charge in [0.1, 0.15) is 18.1 Å². The lowest BCUT2D eigenvalue weighted by Crippen LogP contribution is -2.57. The van der Waals surface area contributed by atoms with Crippen LogP contribution in [0.3, 0.4) is 0 Å². The summed E-state index contributed by atoms with van der Waals surface area (Å²) in [5.74, 6) is -3.36. The predicted molar refractivity (Wildman–Crippen MR) is 134 cm³/mol. The van der Waals surface area contributed by atoms with E-state index in [1.807, 2.05) is 12.3 Å². The van der Waals surface area contributed by atoms with Crippen molar-refractivity contribution < 1.29 is 34.2 Å². The van der Waals surface area contributed by atoms with E-state index in [-0.39, 0.29) is 25.7 Å². The number of likely N-dealkylation sites (tertiary alicyclic amines) is 1. The Morgan fingerprint density at radius 1 is 1.08 bits per heavy atom. The Morgan fingerprint density at radius 3 is 2.39 bits per heavy atom. The van der Waals surface area contributed by atoms with Gasteiger partial charge in [-0.05, 0) is 43.3 Å². The number of carbonyl (C=O) groups is 5. The third-order valence-electron chi connectivity index (χ3n) is 5.97. The Kier molecular flexibility index (Phi) is 11.7. The molecular weight excluding hydrogens is 488 g/mol. The summed E-state index contributed by atoms with van der Waals surface area (Å²) in [6.07, 6.45) is 2.85. The molecule has 0 bridgehead atoms. The Hall–Kier alpha value is -3.12. The van der Waals surface area contributed by atoms with E-state index < -0.39 is 53.8 Å². The van der Waals surface area contributed by atoms with Crippen LogP contribution in [0.25, 0.3) is 0 Å². The minimum Gasteiger partial charge on any atom is -0.481 e. The van der Waals surface area contributed by atoms with Gasteiger partial charge < -0.3 is 31.5 Å². The first-order valence-corrected chi connectivity index (χ1v) is 13.2. The zero-order valence-corrected chi connectivity index (χ0v) is 21.0. The molecule has 12 heteroatoms. The van der Waals surface area contributed by atoms with Crippen molar-refractivity contribution in [2.24, 2.45) is 5.73 Å². The predicted octanol–water partition coefficient (Wildman–Crippen LogP) is 0.220. The van der Waals surface area contributed by atoms with E-state index in [1.165, 1.54) is 16.7 Å². The second-order valence-corrected chi connectivity index (χ2v) is 9.65. The van der Waals surface area contributed by atoms with Crippen LogP contribution in [0.1, 0.15) is 37.7 Å². The molecule has 0 saturated carbocycles. The minimum absolute atomic E-state index is 0.0459. The number of hydrogen-bond donors (Lipinski definition) is 5. The minimum atomic E-state index is -1.19. The fourth-order valence-corrected chi connectivity index (χ4v) is 4.48. The fourth-order valence-electron chi connectivity index (χ4n) is 4.01. The second-order valence-electron chi connectivity index (χ2n) is 8.66. The Labute approximate surface area is 214 Å². The lowest BCUT2D eigenvalue weighted by molar-refractivity contribution is -0.143. The lowest BCUT2D eigenvalue weighted by atomic mass is 10.0. The van der Waals surface area contributed by atoms with Gasteiger partial charge in [-0.1, -0.05) is 30.3 Å². The van der Waals surface area contributed by atoms with E-state index >= 15 is 0 Å². The van der Waals surface area contributed by atoms with Crippen molar-refractivity contribution in [3.63, 3.8) is 0 Å². The van der Waals surface area contributed by atoms with E-state index in [2.05, 4.69) is 10.6 Å². The maximum Gasteiger partial charge on any atom is 0.326 e. The molecule has 198 valence electrons. The van der Waals surface area contributed by atoms with Crippen molar-refractivity contribution in [1.82, 2.24) is 15.5 Å². The van der Waals surface area contributed by atoms with E-state index in [0.717, 1.165) is 5.56 Å². The van der Waals surface area contributed by atoms with Crippen molar-refractivity contribution in [3.8, 4) is 0 Å². The van der Waals surface area contributed by atoms with E-state index in [1.54, 1.807) is 24.3 Å². The van der Waals surface area contributed by atoms with Crippen LogP contribution in [0.2, 0.25) is 0 Å². The third kappa shape index (κ3) is 8.83. The van der Waals surface area contributed by atoms with E-state index in [0.29, 0.717) is 25.1 Å². The number of nitrogens with two attached hydrogens (primary N) is 1. The molecule has 3 amide bonds. The van der Waals surface area contributed by atoms with Crippen LogP contribution < -0.4 is 16.4 Å². The zero-order valence-electron chi connectivity index (χ0n) is 20.2. The maximum atomic E-state index is 13.1. The first kappa shape index (κ1) is 29.1. The standard InChI is InChI=1S/C24H34N4O7S/c1-36-13-11-17(21(31)27-18(24(34)35)14-15-6-3-2-4-7-15)26-22(32)19-8-5-12-28(19)23(33)16(25)9-10-20(29)30/h2-4,6-7,16-19H,5,8-14,25H2,1H3,(H,26,32)(H,27,31)(H,29,30)(H,34,35). The number of rotatable bonds is 14. The van der Waals surface area contributed by atoms with Crippen molar-refractivity contribution in [2.75, 3.05) is 18.6 Å². The number of hydrogen-bond acceptors (Lipinski definition) is 7. The highest BCUT2D eigenvalue weighted by molar-refractivity contribution is 7.98. The molecule has 1 aromatic carbocycles. The quantitative estimate of drug-likeness (QED) is 0.228. The topological polar surface area (TPSA) is 179 Å². The number of carbonyl (C=O) groups excluding carboxylic acids is 3. The number of aliphatic carboxylic acids is 2. The van der Waals surface area contributed by atoms with E-state index in [4.69, 9.17) is 10.8 Å². The molecule has 0 aromatic heterocycles. The van der Waals surface area contributed by atoms with Gasteiger partial charge >= 0.3 is 11.9 Å². The van der Waals surface area contributed by atoms with Gasteiger partial charge in [0.15, 0.2) is 0 Å². The molecule has 1 aliphatic heterocycles. The second kappa shape index (κ2) is 14.4. The summed E-state index contributed by atoms with van der Waals surface area (Å²) in [5, 5.41) is 23.7. The van der Waals surface area contributed by atoms with Crippen LogP contribution in [-0.4, -0.2) is 87.5 Å². The van der Waals surface area contributed by atoms with Crippen LogP contribution in [0.15, 0.2) is 30.3 Å². The smallest absolute Gasteiger partial charge is 0.326 e. The Morgan fingerprint density at radius 2 is 1.78 bits per heavy atom. The number of amides is 3. The normalized spacial score (nSPS) is 17.6. The number of nitrogens with one attached hydrogen (secondary N) is 2. The molecule has 0 spiro atoms. The average molecular weight is 523 g/mol. The maximum absolute atomic E-state index is 13.1. The summed E-state index contributed by atoms with van der Waals surface area (Å²) in [6, 6.07) is 4.86. The Bertz CT molecular complexity index is 930. The summed E-state index contributed by atoms with van der Waals surface area (Å²) in [4.78, 5) is 62.8. The summed E-state index contributed by atoms with van der Waals surface area (Å²) < 4.78 is 0. The third-order valence-corrected chi connectivity index (χ3v) is 6.61. The number of carboxylic acid groups (broad SMARTS) is 2. The van der Waals surface area contributed by atoms with Crippen molar-refractivity contribution in [3.05, 3.63) is 35.9 Å². The number of nitrogens with zero attached hydrogens (tertiary/aromatic N) is 1. The molecule has 4 atom stereocenters. The van der Waals surface area contributed by atoms with E-state index in [9.17, 15) is 29.1 Å². The first-order valence-electron chi connectivity index (χ1n) is 11.8. The molecule has 0 aliphatic carbocycles. The highest BCUT2D eigenvalue weighted by Crippen LogP contribution is 2.20. The first-order chi connectivity index (χ1) is 17.1. The number of carboxylic acids is 2. The van der Waals surface area contributed by atoms with Crippen molar-refractivity contribution >= 4 is 41.4 Å². The van der Waals surface area contributed by atoms with Gasteiger partial charge in [0.2, 0.25) is 17.7 Å². The summed E-state index contributed by atoms with van der Waals surface area (Å²) in [6.45, 7) is 0.303. The van der Waals surface area contributed by atoms with Gasteiger partial charge in [-0.25, -0.2) is 4.79 Å². The summed E-state index contributed by atoms with van der Waals surface area (Å²) >= 11 is 1.47. The molecule has 11 nitrogen and oxygen atoms in total. The molecule has 1 fully saturated rings. The molecule has 2 rings (SSSR count). The summed E-state index contributed by atoms with van der Waals surface area (Å²) in [5.41, 5.74) is 6.61. The zero-order chi connectivity index (χ0) is 26.7. The molecule has 1 aliphatic rings. The van der Waals surface area contributed by atoms with Crippen molar-refractivity contribution in [1.29, 1.82) is 0 Å². The lowest BCUT2D eigenvalue weighted by Gasteiger charge is -2.28. The molecular formula is C24H34N4O7S. The van der Waals surface area contributed by atoms with Crippen molar-refractivity contribution in [2.45, 2.75) is 62.7 Å². The van der Waals surface area contributed by atoms with Crippen LogP contribution in [0.5, 0.6) is 0 Å². The van der Waals surface area contributed by atoms with Gasteiger partial charge in [0.05, 0.1) is 6.04 Å². The van der Waals surface area contributed by atoms with Crippen LogP contribution >= 0.6 is 11.8 Å². The number of thioether (sulfide) groups is 1. The van der Waals surface area contributed by atoms with Gasteiger partial charge in [0, 0.05) is 19.4 Å². The van der Waals surface area contributed by atoms with Gasteiger partial charge in [-0.15, -0.1) is 0 Å². The SMILES string of the molecule is CSCCC(NC(=O)C1CCCN1C(=O)C(N)CCC(=O)O)C(=O)NC(Cc1ccccc1)C(=O)O. The molecule has 0 radical (unpaired) electrons. The molecule has 4 unspecified atom stereocenters. The van der Waals surface area contributed by atoms with Gasteiger partial charge in [-0.3, -0.25) is 19.2 Å². The molecule has 1 heterocycles. The van der Waals surface area contributed by atoms with Gasteiger partial charge in [0.25, 0.3) is 0 Å². The molecule has 1 saturated heterocycles. The fraction of sp³-hybridized carbons (Fsp3) is 0.542. The van der Waals surface area contributed by atoms with Gasteiger partial charge in [-0.2, -0.15) is 11.8 Å². The molecule has 36 heavy (non-hydrogen) atoms. The van der Waals surface area contributed by atoms with Crippen LogP contribution in [0, 0.1) is 0 Å². The monoisotopic (exact) mass is 522 g/mol. The highest BCUT2D eigenvalue weighted by Gasteiger charge is 2.38. The van der Waals surface area contributed by atoms with Crippen LogP contribution in [0.4, 0.5) is 0 Å². The molecule has 1 aromatic rings. The summed E-state index contributed by atoms with van der Waals surface area (Å²) in [7, 11) is 0. The largest absolute Gasteiger partial charge is 0.481 e. The van der Waals surface area contributed by atoms with Crippen LogP contribution in [-0.2, 0) is 30.4 Å². The average Bonchev–Trinajstić information content (AvgIpc) is 3.34. The Balaban J connectivity index is 2.07. The molecule has 6 N–H and O–H groups in total. The highest BCUT2D eigenvalue weighted by atomic mass is 32.2. The number of benzene rings is 1.